The van der Waals surface area contributed by atoms with Crippen LogP contribution in [0, 0.1) is 0 Å². The van der Waals surface area contributed by atoms with E-state index < -0.39 is 0 Å². The lowest BCUT2D eigenvalue weighted by Gasteiger charge is -2.03. The van der Waals surface area contributed by atoms with Gasteiger partial charge in [-0.05, 0) is 11.6 Å². The van der Waals surface area contributed by atoms with Gasteiger partial charge in [0.1, 0.15) is 0 Å². The highest BCUT2D eigenvalue weighted by Crippen LogP contribution is 2.23. The average Bonchev–Trinajstić information content (AvgIpc) is 2.67. The molecule has 0 unspecified atom stereocenters. The number of hydrogen-bond acceptors (Lipinski definition) is 4. The van der Waals surface area contributed by atoms with Gasteiger partial charge in [-0.2, -0.15) is 4.98 Å². The molecule has 1 aromatic heterocycles. The summed E-state index contributed by atoms with van der Waals surface area (Å²) in [5, 5.41) is 3.39. The van der Waals surface area contributed by atoms with Crippen LogP contribution >= 0.6 is 11.6 Å². The minimum absolute atomic E-state index is 0.245. The molecular formula is C9H14ClN3O. The van der Waals surface area contributed by atoms with Crippen molar-refractivity contribution in [3.63, 3.8) is 0 Å². The van der Waals surface area contributed by atoms with Crippen molar-refractivity contribution >= 4 is 11.6 Å². The van der Waals surface area contributed by atoms with Crippen molar-refractivity contribution < 1.29 is 4.74 Å². The molecular weight excluding hydrogens is 202 g/mol. The first-order chi connectivity index (χ1) is 6.81. The van der Waals surface area contributed by atoms with Gasteiger partial charge in [0, 0.05) is 13.1 Å². The third-order valence-electron chi connectivity index (χ3n) is 1.82. The van der Waals surface area contributed by atoms with Gasteiger partial charge in [-0.1, -0.05) is 13.8 Å². The van der Waals surface area contributed by atoms with Gasteiger partial charge < -0.3 is 10.1 Å². The molecule has 0 amide bonds. The van der Waals surface area contributed by atoms with Crippen LogP contribution in [0.2, 0.25) is 5.28 Å². The standard InChI is InChI=1S/C7H8ClN3O.C2H6/c1-12-6-4-2-9-3-5(4)10-7(8)11-6;1-2/h9H,2-3H2,1H3;1-2H3. The van der Waals surface area contributed by atoms with E-state index in [4.69, 9.17) is 16.3 Å². The predicted molar refractivity (Wildman–Crippen MR) is 55.5 cm³/mol. The molecule has 0 spiro atoms. The Labute approximate surface area is 88.7 Å². The second-order valence-corrected chi connectivity index (χ2v) is 2.87. The van der Waals surface area contributed by atoms with E-state index in [0.717, 1.165) is 24.3 Å². The van der Waals surface area contributed by atoms with E-state index in [1.807, 2.05) is 13.8 Å². The summed E-state index contributed by atoms with van der Waals surface area (Å²) in [6.07, 6.45) is 0. The van der Waals surface area contributed by atoms with Gasteiger partial charge in [-0.15, -0.1) is 0 Å². The van der Waals surface area contributed by atoms with Gasteiger partial charge in [-0.25, -0.2) is 4.98 Å². The second-order valence-electron chi connectivity index (χ2n) is 2.53. The number of aromatic nitrogens is 2. The second kappa shape index (κ2) is 5.12. The van der Waals surface area contributed by atoms with E-state index in [-0.39, 0.29) is 5.28 Å². The van der Waals surface area contributed by atoms with Gasteiger partial charge in [0.25, 0.3) is 0 Å². The number of nitrogens with one attached hydrogen (secondary N) is 1. The first-order valence-electron chi connectivity index (χ1n) is 4.61. The molecule has 1 aliphatic heterocycles. The molecule has 78 valence electrons. The van der Waals surface area contributed by atoms with Crippen LogP contribution in [-0.4, -0.2) is 17.1 Å². The van der Waals surface area contributed by atoms with Crippen molar-refractivity contribution in [2.24, 2.45) is 0 Å². The molecule has 4 nitrogen and oxygen atoms in total. The first-order valence-corrected chi connectivity index (χ1v) is 4.99. The smallest absolute Gasteiger partial charge is 0.225 e. The molecule has 0 saturated carbocycles. The number of nitrogens with zero attached hydrogens (tertiary/aromatic N) is 2. The first kappa shape index (κ1) is 11.2. The van der Waals surface area contributed by atoms with Crippen molar-refractivity contribution in [2.45, 2.75) is 26.9 Å². The summed E-state index contributed by atoms with van der Waals surface area (Å²) in [6, 6.07) is 0. The molecule has 5 heteroatoms. The van der Waals surface area contributed by atoms with Gasteiger partial charge in [0.15, 0.2) is 0 Å². The topological polar surface area (TPSA) is 47.0 Å². The molecule has 0 bridgehead atoms. The van der Waals surface area contributed by atoms with E-state index in [0.29, 0.717) is 5.88 Å². The molecule has 2 heterocycles. The van der Waals surface area contributed by atoms with E-state index in [1.165, 1.54) is 0 Å². The third kappa shape index (κ3) is 2.13. The van der Waals surface area contributed by atoms with Crippen LogP contribution in [0.1, 0.15) is 25.1 Å². The summed E-state index contributed by atoms with van der Waals surface area (Å²) in [5.74, 6) is 0.579. The summed E-state index contributed by atoms with van der Waals surface area (Å²) in [6.45, 7) is 5.50. The normalized spacial score (nSPS) is 12.9. The van der Waals surface area contributed by atoms with Crippen molar-refractivity contribution in [1.29, 1.82) is 0 Å². The highest BCUT2D eigenvalue weighted by Gasteiger charge is 2.18. The van der Waals surface area contributed by atoms with Gasteiger partial charge in [0.2, 0.25) is 11.2 Å². The van der Waals surface area contributed by atoms with Gasteiger partial charge in [-0.3, -0.25) is 0 Å². The van der Waals surface area contributed by atoms with E-state index >= 15 is 0 Å². The Morgan fingerprint density at radius 3 is 2.64 bits per heavy atom. The molecule has 1 aliphatic rings. The third-order valence-corrected chi connectivity index (χ3v) is 1.98. The zero-order valence-electron chi connectivity index (χ0n) is 8.59. The Hall–Kier alpha value is -0.870. The minimum atomic E-state index is 0.245. The van der Waals surface area contributed by atoms with Crippen molar-refractivity contribution in [2.75, 3.05) is 7.11 Å². The molecule has 1 aromatic rings. The van der Waals surface area contributed by atoms with Crippen LogP contribution in [0.3, 0.4) is 0 Å². The highest BCUT2D eigenvalue weighted by atomic mass is 35.5. The van der Waals surface area contributed by atoms with Crippen LogP contribution in [0.25, 0.3) is 0 Å². The molecule has 0 saturated heterocycles. The van der Waals surface area contributed by atoms with Gasteiger partial charge in [0.05, 0.1) is 18.4 Å². The van der Waals surface area contributed by atoms with Crippen molar-refractivity contribution in [3.05, 3.63) is 16.5 Å². The number of ether oxygens (including phenoxy) is 1. The Bertz CT molecular complexity index is 317. The van der Waals surface area contributed by atoms with Gasteiger partial charge >= 0.3 is 0 Å². The number of methoxy groups -OCH3 is 1. The van der Waals surface area contributed by atoms with Crippen LogP contribution in [0.4, 0.5) is 0 Å². The molecule has 0 aromatic carbocycles. The minimum Gasteiger partial charge on any atom is -0.481 e. The summed E-state index contributed by atoms with van der Waals surface area (Å²) >= 11 is 5.68. The highest BCUT2D eigenvalue weighted by molar-refractivity contribution is 6.28. The van der Waals surface area contributed by atoms with Crippen molar-refractivity contribution in [1.82, 2.24) is 15.3 Å². The Morgan fingerprint density at radius 2 is 2.00 bits per heavy atom. The fourth-order valence-corrected chi connectivity index (χ4v) is 1.46. The molecule has 14 heavy (non-hydrogen) atoms. The molecule has 0 aliphatic carbocycles. The molecule has 1 N–H and O–H groups in total. The quantitative estimate of drug-likeness (QED) is 0.726. The zero-order chi connectivity index (χ0) is 10.6. The number of rotatable bonds is 1. The van der Waals surface area contributed by atoms with E-state index in [9.17, 15) is 0 Å². The maximum absolute atomic E-state index is 5.68. The van der Waals surface area contributed by atoms with Crippen LogP contribution in [0.5, 0.6) is 5.88 Å². The fraction of sp³-hybridized carbons (Fsp3) is 0.556. The summed E-state index contributed by atoms with van der Waals surface area (Å²) in [5.41, 5.74) is 1.95. The van der Waals surface area contributed by atoms with E-state index in [1.54, 1.807) is 7.11 Å². The monoisotopic (exact) mass is 215 g/mol. The summed E-state index contributed by atoms with van der Waals surface area (Å²) in [4.78, 5) is 8.03. The lowest BCUT2D eigenvalue weighted by Crippen LogP contribution is -2.00. The average molecular weight is 216 g/mol. The van der Waals surface area contributed by atoms with E-state index in [2.05, 4.69) is 15.3 Å². The largest absolute Gasteiger partial charge is 0.481 e. The summed E-state index contributed by atoms with van der Waals surface area (Å²) in [7, 11) is 1.58. The lowest BCUT2D eigenvalue weighted by molar-refractivity contribution is 0.391. The Morgan fingerprint density at radius 1 is 1.29 bits per heavy atom. The predicted octanol–water partition coefficient (Wildman–Crippen LogP) is 1.77. The zero-order valence-corrected chi connectivity index (χ0v) is 9.35. The molecule has 0 radical (unpaired) electrons. The maximum Gasteiger partial charge on any atom is 0.225 e. The Balaban J connectivity index is 0.000000461. The Kier molecular flexibility index (Phi) is 4.10. The van der Waals surface area contributed by atoms with Crippen LogP contribution < -0.4 is 10.1 Å². The SMILES string of the molecule is CC.COc1nc(Cl)nc2c1CNC2. The van der Waals surface area contributed by atoms with Crippen LogP contribution in [-0.2, 0) is 13.1 Å². The molecule has 0 atom stereocenters. The number of hydrogen-bond donors (Lipinski definition) is 1. The molecule has 0 fully saturated rings. The maximum atomic E-state index is 5.68. The van der Waals surface area contributed by atoms with Crippen LogP contribution in [0.15, 0.2) is 0 Å². The fourth-order valence-electron chi connectivity index (χ4n) is 1.28. The lowest BCUT2D eigenvalue weighted by atomic mass is 10.3. The summed E-state index contributed by atoms with van der Waals surface area (Å²) < 4.78 is 5.06. The molecule has 2 rings (SSSR count). The number of fused-ring (bicyclic) bond motifs is 1. The van der Waals surface area contributed by atoms with Crippen molar-refractivity contribution in [3.8, 4) is 5.88 Å². The number of halogens is 1.